The average Bonchev–Trinajstić information content (AvgIpc) is 2.81. The van der Waals surface area contributed by atoms with Gasteiger partial charge in [0, 0.05) is 5.69 Å². The predicted octanol–water partition coefficient (Wildman–Crippen LogP) is 5.78. The van der Waals surface area contributed by atoms with Gasteiger partial charge in [-0.3, -0.25) is 4.79 Å². The molecule has 33 heavy (non-hydrogen) atoms. The van der Waals surface area contributed by atoms with Crippen molar-refractivity contribution >= 4 is 34.6 Å². The molecule has 4 nitrogen and oxygen atoms in total. The van der Waals surface area contributed by atoms with Gasteiger partial charge in [-0.2, -0.15) is 0 Å². The summed E-state index contributed by atoms with van der Waals surface area (Å²) in [6.45, 7) is 0. The lowest BCUT2D eigenvalue weighted by atomic mass is 10.0. The van der Waals surface area contributed by atoms with Crippen LogP contribution in [0.3, 0.4) is 0 Å². The first-order valence-electron chi connectivity index (χ1n) is 10.7. The van der Waals surface area contributed by atoms with Crippen LogP contribution in [0.4, 0.5) is 11.4 Å². The Labute approximate surface area is 199 Å². The number of rotatable bonds is 7. The Balaban J connectivity index is 1.48. The van der Waals surface area contributed by atoms with Gasteiger partial charge in [-0.05, 0) is 71.6 Å². The monoisotopic (exact) mass is 451 g/mol. The molecule has 0 saturated carbocycles. The van der Waals surface area contributed by atoms with Crippen molar-refractivity contribution in [3.63, 3.8) is 0 Å². The van der Waals surface area contributed by atoms with Crippen molar-refractivity contribution in [1.82, 2.24) is 0 Å². The van der Waals surface area contributed by atoms with E-state index >= 15 is 0 Å². The lowest BCUT2D eigenvalue weighted by Gasteiger charge is -2.14. The number of nitrogens with one attached hydrogen (secondary N) is 2. The first kappa shape index (κ1) is 22.2. The van der Waals surface area contributed by atoms with Gasteiger partial charge in [0.1, 0.15) is 0 Å². The average molecular weight is 452 g/mol. The van der Waals surface area contributed by atoms with Crippen molar-refractivity contribution in [3.8, 4) is 0 Å². The molecule has 0 spiro atoms. The topological polar surface area (TPSA) is 67.1 Å². The fourth-order valence-corrected chi connectivity index (χ4v) is 3.81. The van der Waals surface area contributed by atoms with E-state index in [1.165, 1.54) is 16.7 Å². The van der Waals surface area contributed by atoms with Crippen molar-refractivity contribution in [2.24, 2.45) is 5.73 Å². The number of thiocarbonyl (C=S) groups is 1. The van der Waals surface area contributed by atoms with E-state index in [0.717, 1.165) is 24.1 Å². The highest BCUT2D eigenvalue weighted by atomic mass is 32.1. The van der Waals surface area contributed by atoms with Crippen molar-refractivity contribution < 1.29 is 4.79 Å². The lowest BCUT2D eigenvalue weighted by molar-refractivity contribution is 0.102. The molecular weight excluding hydrogens is 426 g/mol. The van der Waals surface area contributed by atoms with E-state index in [1.807, 2.05) is 72.8 Å². The summed E-state index contributed by atoms with van der Waals surface area (Å²) in [4.78, 5) is 13.0. The van der Waals surface area contributed by atoms with Gasteiger partial charge in [-0.25, -0.2) is 0 Å². The predicted molar refractivity (Wildman–Crippen MR) is 140 cm³/mol. The summed E-state index contributed by atoms with van der Waals surface area (Å²) in [6, 6.07) is 34.0. The SMILES string of the molecule is NC(=S)Nc1cc(Cc2ccccc2)ccc1C(=O)Nc1ccc(Cc2ccccc2)cc1. The second-order valence-corrected chi connectivity index (χ2v) is 8.28. The molecule has 5 heteroatoms. The van der Waals surface area contributed by atoms with Crippen molar-refractivity contribution in [2.75, 3.05) is 10.6 Å². The summed E-state index contributed by atoms with van der Waals surface area (Å²) in [5.41, 5.74) is 12.2. The highest BCUT2D eigenvalue weighted by molar-refractivity contribution is 7.80. The third-order valence-corrected chi connectivity index (χ3v) is 5.40. The molecule has 0 radical (unpaired) electrons. The van der Waals surface area contributed by atoms with Crippen LogP contribution < -0.4 is 16.4 Å². The van der Waals surface area contributed by atoms with Gasteiger partial charge in [-0.15, -0.1) is 0 Å². The standard InChI is InChI=1S/C28H25N3OS/c29-28(33)31-26-19-23(18-21-9-5-2-6-10-21)13-16-25(26)27(32)30-24-14-11-22(12-15-24)17-20-7-3-1-4-8-20/h1-16,19H,17-18H2,(H,30,32)(H3,29,31,33). The zero-order valence-electron chi connectivity index (χ0n) is 18.1. The second kappa shape index (κ2) is 10.6. The summed E-state index contributed by atoms with van der Waals surface area (Å²) < 4.78 is 0. The van der Waals surface area contributed by atoms with Gasteiger partial charge in [0.05, 0.1) is 11.3 Å². The summed E-state index contributed by atoms with van der Waals surface area (Å²) in [7, 11) is 0. The first-order valence-corrected chi connectivity index (χ1v) is 11.2. The Morgan fingerprint density at radius 1 is 0.667 bits per heavy atom. The smallest absolute Gasteiger partial charge is 0.257 e. The molecule has 0 bridgehead atoms. The zero-order chi connectivity index (χ0) is 23.0. The Morgan fingerprint density at radius 3 is 1.76 bits per heavy atom. The number of anilines is 2. The Bertz CT molecular complexity index is 1240. The lowest BCUT2D eigenvalue weighted by Crippen LogP contribution is -2.22. The van der Waals surface area contributed by atoms with Crippen LogP contribution >= 0.6 is 12.2 Å². The molecule has 0 saturated heterocycles. The van der Waals surface area contributed by atoms with E-state index in [9.17, 15) is 4.79 Å². The molecule has 4 aromatic carbocycles. The van der Waals surface area contributed by atoms with Crippen LogP contribution in [-0.4, -0.2) is 11.0 Å². The van der Waals surface area contributed by atoms with Crippen LogP contribution in [0.25, 0.3) is 0 Å². The normalized spacial score (nSPS) is 10.4. The number of amides is 1. The van der Waals surface area contributed by atoms with Gasteiger partial charge < -0.3 is 16.4 Å². The third kappa shape index (κ3) is 6.28. The van der Waals surface area contributed by atoms with Crippen LogP contribution in [0, 0.1) is 0 Å². The number of benzene rings is 4. The van der Waals surface area contributed by atoms with E-state index in [1.54, 1.807) is 6.07 Å². The van der Waals surface area contributed by atoms with Crippen LogP contribution in [0.15, 0.2) is 103 Å². The summed E-state index contributed by atoms with van der Waals surface area (Å²) in [6.07, 6.45) is 1.59. The molecule has 0 aliphatic carbocycles. The quantitative estimate of drug-likeness (QED) is 0.312. The largest absolute Gasteiger partial charge is 0.376 e. The molecule has 0 aliphatic rings. The number of carbonyl (C=O) groups excluding carboxylic acids is 1. The van der Waals surface area contributed by atoms with Crippen LogP contribution in [0.5, 0.6) is 0 Å². The summed E-state index contributed by atoms with van der Waals surface area (Å²) >= 11 is 5.03. The minimum atomic E-state index is -0.226. The van der Waals surface area contributed by atoms with E-state index in [2.05, 4.69) is 34.9 Å². The maximum absolute atomic E-state index is 13.0. The van der Waals surface area contributed by atoms with Crippen LogP contribution in [0.2, 0.25) is 0 Å². The second-order valence-electron chi connectivity index (χ2n) is 7.84. The molecule has 164 valence electrons. The highest BCUT2D eigenvalue weighted by Gasteiger charge is 2.14. The maximum Gasteiger partial charge on any atom is 0.257 e. The summed E-state index contributed by atoms with van der Waals surface area (Å²) in [5.74, 6) is -0.226. The fourth-order valence-electron chi connectivity index (χ4n) is 3.70. The van der Waals surface area contributed by atoms with Crippen molar-refractivity contribution in [3.05, 3.63) is 131 Å². The van der Waals surface area contributed by atoms with Gasteiger partial charge in [0.2, 0.25) is 0 Å². The minimum Gasteiger partial charge on any atom is -0.376 e. The van der Waals surface area contributed by atoms with Crippen molar-refractivity contribution in [2.45, 2.75) is 12.8 Å². The van der Waals surface area contributed by atoms with E-state index in [0.29, 0.717) is 11.3 Å². The van der Waals surface area contributed by atoms with Crippen molar-refractivity contribution in [1.29, 1.82) is 0 Å². The summed E-state index contributed by atoms with van der Waals surface area (Å²) in [5, 5.41) is 6.04. The number of nitrogens with two attached hydrogens (primary N) is 1. The third-order valence-electron chi connectivity index (χ3n) is 5.30. The zero-order valence-corrected chi connectivity index (χ0v) is 18.9. The first-order chi connectivity index (χ1) is 16.1. The molecular formula is C28H25N3OS. The molecule has 0 heterocycles. The molecule has 0 fully saturated rings. The number of carbonyl (C=O) groups is 1. The van der Waals surface area contributed by atoms with Crippen LogP contribution in [0.1, 0.15) is 32.6 Å². The number of hydrogen-bond acceptors (Lipinski definition) is 2. The Hall–Kier alpha value is -3.96. The highest BCUT2D eigenvalue weighted by Crippen LogP contribution is 2.22. The Kier molecular flexibility index (Phi) is 7.12. The van der Waals surface area contributed by atoms with Gasteiger partial charge >= 0.3 is 0 Å². The van der Waals surface area contributed by atoms with Gasteiger partial charge in [0.15, 0.2) is 5.11 Å². The molecule has 4 aromatic rings. The maximum atomic E-state index is 13.0. The van der Waals surface area contributed by atoms with Gasteiger partial charge in [0.25, 0.3) is 5.91 Å². The minimum absolute atomic E-state index is 0.117. The molecule has 0 atom stereocenters. The molecule has 4 N–H and O–H groups in total. The Morgan fingerprint density at radius 2 is 1.18 bits per heavy atom. The van der Waals surface area contributed by atoms with E-state index in [4.69, 9.17) is 18.0 Å². The van der Waals surface area contributed by atoms with E-state index < -0.39 is 0 Å². The van der Waals surface area contributed by atoms with Gasteiger partial charge in [-0.1, -0.05) is 78.9 Å². The van der Waals surface area contributed by atoms with Crippen LogP contribution in [-0.2, 0) is 12.8 Å². The molecule has 1 amide bonds. The molecule has 4 rings (SSSR count). The fraction of sp³-hybridized carbons (Fsp3) is 0.0714. The molecule has 0 aliphatic heterocycles. The molecule has 0 aromatic heterocycles. The number of hydrogen-bond donors (Lipinski definition) is 3. The van der Waals surface area contributed by atoms with E-state index in [-0.39, 0.29) is 11.0 Å². The molecule has 0 unspecified atom stereocenters.